The lowest BCUT2D eigenvalue weighted by Gasteiger charge is -2.29. The van der Waals surface area contributed by atoms with E-state index in [0.29, 0.717) is 36.2 Å². The average molecular weight is 423 g/mol. The summed E-state index contributed by atoms with van der Waals surface area (Å²) in [7, 11) is 0. The fraction of sp³-hybridized carbons (Fsp3) is 0.524. The number of alkyl halides is 3. The molecular formula is C21H24F3N3O3. The van der Waals surface area contributed by atoms with Gasteiger partial charge in [-0.25, -0.2) is 0 Å². The van der Waals surface area contributed by atoms with Gasteiger partial charge in [0, 0.05) is 23.3 Å². The molecule has 2 heterocycles. The van der Waals surface area contributed by atoms with Crippen molar-refractivity contribution in [2.24, 2.45) is 0 Å². The lowest BCUT2D eigenvalue weighted by molar-refractivity contribution is -0.137. The van der Waals surface area contributed by atoms with Crippen molar-refractivity contribution in [1.29, 1.82) is 0 Å². The number of halogens is 3. The number of nitrogens with one attached hydrogen (secondary N) is 1. The molecule has 1 saturated carbocycles. The molecule has 9 heteroatoms. The zero-order chi connectivity index (χ0) is 21.3. The SMILES string of the molecule is Oc1cc(C(F)(F)F)ccc1-c1nnc(N[C@@H]2CCCC[C@H]2O)c2c1COCCC2. The summed E-state index contributed by atoms with van der Waals surface area (Å²) in [4.78, 5) is 0. The van der Waals surface area contributed by atoms with Gasteiger partial charge in [0.25, 0.3) is 0 Å². The zero-order valence-corrected chi connectivity index (χ0v) is 16.4. The van der Waals surface area contributed by atoms with Crippen LogP contribution in [0.5, 0.6) is 5.75 Å². The number of ether oxygens (including phenoxy) is 1. The topological polar surface area (TPSA) is 87.5 Å². The van der Waals surface area contributed by atoms with Crippen LogP contribution in [0.3, 0.4) is 0 Å². The van der Waals surface area contributed by atoms with Gasteiger partial charge in [-0.05, 0) is 43.9 Å². The van der Waals surface area contributed by atoms with Crippen molar-refractivity contribution in [3.05, 3.63) is 34.9 Å². The Labute approximate surface area is 172 Å². The summed E-state index contributed by atoms with van der Waals surface area (Å²) in [6.07, 6.45) is -0.0195. The number of aliphatic hydroxyl groups is 1. The Morgan fingerprint density at radius 3 is 2.60 bits per heavy atom. The molecule has 6 nitrogen and oxygen atoms in total. The molecule has 3 N–H and O–H groups in total. The molecule has 0 amide bonds. The van der Waals surface area contributed by atoms with Gasteiger partial charge in [-0.3, -0.25) is 0 Å². The normalized spacial score (nSPS) is 22.3. The predicted molar refractivity (Wildman–Crippen MR) is 104 cm³/mol. The summed E-state index contributed by atoms with van der Waals surface area (Å²) in [5.74, 6) is 0.0607. The first-order valence-corrected chi connectivity index (χ1v) is 10.2. The van der Waals surface area contributed by atoms with Crippen molar-refractivity contribution >= 4 is 5.82 Å². The Morgan fingerprint density at radius 2 is 1.87 bits per heavy atom. The van der Waals surface area contributed by atoms with Crippen LogP contribution in [0.15, 0.2) is 18.2 Å². The lowest BCUT2D eigenvalue weighted by Crippen LogP contribution is -2.37. The molecule has 1 aromatic carbocycles. The number of aromatic hydroxyl groups is 1. The predicted octanol–water partition coefficient (Wildman–Crippen LogP) is 4.05. The summed E-state index contributed by atoms with van der Waals surface area (Å²) in [6, 6.07) is 2.72. The van der Waals surface area contributed by atoms with E-state index in [2.05, 4.69) is 15.5 Å². The van der Waals surface area contributed by atoms with E-state index in [-0.39, 0.29) is 18.2 Å². The Kier molecular flexibility index (Phi) is 5.84. The van der Waals surface area contributed by atoms with Crippen molar-refractivity contribution in [3.8, 4) is 17.0 Å². The van der Waals surface area contributed by atoms with Gasteiger partial charge >= 0.3 is 6.18 Å². The third-order valence-electron chi connectivity index (χ3n) is 5.78. The van der Waals surface area contributed by atoms with Gasteiger partial charge < -0.3 is 20.3 Å². The third-order valence-corrected chi connectivity index (χ3v) is 5.78. The van der Waals surface area contributed by atoms with E-state index >= 15 is 0 Å². The molecule has 0 radical (unpaired) electrons. The summed E-state index contributed by atoms with van der Waals surface area (Å²) in [5, 5.41) is 32.4. The zero-order valence-electron chi connectivity index (χ0n) is 16.4. The smallest absolute Gasteiger partial charge is 0.416 e. The maximum absolute atomic E-state index is 12.9. The molecule has 30 heavy (non-hydrogen) atoms. The second-order valence-corrected chi connectivity index (χ2v) is 7.84. The molecule has 1 aliphatic heterocycles. The fourth-order valence-corrected chi connectivity index (χ4v) is 4.15. The molecule has 2 atom stereocenters. The number of aromatic nitrogens is 2. The Morgan fingerprint density at radius 1 is 1.07 bits per heavy atom. The molecule has 0 spiro atoms. The number of phenolic OH excluding ortho intramolecular Hbond substituents is 1. The first kappa shape index (κ1) is 20.9. The third kappa shape index (κ3) is 4.22. The van der Waals surface area contributed by atoms with Gasteiger partial charge in [-0.15, -0.1) is 10.2 Å². The minimum absolute atomic E-state index is 0.119. The van der Waals surface area contributed by atoms with Crippen LogP contribution in [0, 0.1) is 0 Å². The van der Waals surface area contributed by atoms with Gasteiger partial charge in [-0.2, -0.15) is 13.2 Å². The van der Waals surface area contributed by atoms with Crippen LogP contribution < -0.4 is 5.32 Å². The molecule has 2 aliphatic rings. The molecule has 2 aromatic rings. The Hall–Kier alpha value is -2.39. The fourth-order valence-electron chi connectivity index (χ4n) is 4.15. The summed E-state index contributed by atoms with van der Waals surface area (Å²) >= 11 is 0. The molecule has 0 unspecified atom stereocenters. The molecule has 1 fully saturated rings. The van der Waals surface area contributed by atoms with Crippen molar-refractivity contribution in [3.63, 3.8) is 0 Å². The number of fused-ring (bicyclic) bond motifs is 1. The first-order chi connectivity index (χ1) is 14.3. The number of rotatable bonds is 3. The van der Waals surface area contributed by atoms with Crippen LogP contribution in [0.1, 0.15) is 48.8 Å². The van der Waals surface area contributed by atoms with Gasteiger partial charge in [0.05, 0.1) is 24.3 Å². The highest BCUT2D eigenvalue weighted by Gasteiger charge is 2.32. The van der Waals surface area contributed by atoms with Crippen molar-refractivity contribution in [2.75, 3.05) is 11.9 Å². The van der Waals surface area contributed by atoms with E-state index < -0.39 is 23.6 Å². The highest BCUT2D eigenvalue weighted by atomic mass is 19.4. The number of anilines is 1. The van der Waals surface area contributed by atoms with Crippen molar-refractivity contribution in [1.82, 2.24) is 10.2 Å². The molecule has 0 bridgehead atoms. The maximum Gasteiger partial charge on any atom is 0.416 e. The first-order valence-electron chi connectivity index (χ1n) is 10.2. The van der Waals surface area contributed by atoms with E-state index in [1.165, 1.54) is 6.07 Å². The van der Waals surface area contributed by atoms with Crippen LogP contribution in [0.25, 0.3) is 11.3 Å². The Bertz CT molecular complexity index is 920. The van der Waals surface area contributed by atoms with Crippen LogP contribution in [-0.2, 0) is 23.9 Å². The van der Waals surface area contributed by atoms with Gasteiger partial charge in [0.1, 0.15) is 11.4 Å². The standard InChI is InChI=1S/C21H24F3N3O3/c22-21(23,24)12-7-8-14(18(29)10-12)19-15-11-30-9-3-4-13(15)20(27-26-19)25-16-5-1-2-6-17(16)28/h7-8,10,16-17,28-29H,1-6,9,11H2,(H,25,27)/t16-,17-/m1/s1. The second-order valence-electron chi connectivity index (χ2n) is 7.84. The van der Waals surface area contributed by atoms with Gasteiger partial charge in [0.2, 0.25) is 0 Å². The van der Waals surface area contributed by atoms with Gasteiger partial charge in [0.15, 0.2) is 5.82 Å². The molecule has 162 valence electrons. The number of hydrogen-bond acceptors (Lipinski definition) is 6. The number of aliphatic hydroxyl groups excluding tert-OH is 1. The summed E-state index contributed by atoms with van der Waals surface area (Å²) < 4.78 is 44.5. The van der Waals surface area contributed by atoms with Gasteiger partial charge in [-0.1, -0.05) is 12.8 Å². The van der Waals surface area contributed by atoms with Crippen molar-refractivity contribution < 1.29 is 28.1 Å². The van der Waals surface area contributed by atoms with E-state index in [4.69, 9.17) is 4.74 Å². The van der Waals surface area contributed by atoms with Crippen LogP contribution >= 0.6 is 0 Å². The molecule has 0 saturated heterocycles. The minimum Gasteiger partial charge on any atom is -0.507 e. The molecule has 4 rings (SSSR count). The lowest BCUT2D eigenvalue weighted by atomic mass is 9.92. The van der Waals surface area contributed by atoms with Crippen molar-refractivity contribution in [2.45, 2.75) is 63.5 Å². The van der Waals surface area contributed by atoms with Crippen LogP contribution in [-0.4, -0.2) is 39.2 Å². The highest BCUT2D eigenvalue weighted by Crippen LogP contribution is 2.39. The summed E-state index contributed by atoms with van der Waals surface area (Å²) in [5.41, 5.74) is 1.14. The second kappa shape index (κ2) is 8.39. The van der Waals surface area contributed by atoms with E-state index in [1.807, 2.05) is 0 Å². The maximum atomic E-state index is 12.9. The molecule has 1 aromatic heterocycles. The largest absolute Gasteiger partial charge is 0.507 e. The van der Waals surface area contributed by atoms with E-state index in [0.717, 1.165) is 43.7 Å². The Balaban J connectivity index is 1.73. The highest BCUT2D eigenvalue weighted by molar-refractivity contribution is 5.72. The van der Waals surface area contributed by atoms with Crippen LogP contribution in [0.2, 0.25) is 0 Å². The van der Waals surface area contributed by atoms with Crippen LogP contribution in [0.4, 0.5) is 19.0 Å². The number of phenols is 1. The summed E-state index contributed by atoms with van der Waals surface area (Å²) in [6.45, 7) is 0.765. The number of benzene rings is 1. The molecule has 1 aliphatic carbocycles. The van der Waals surface area contributed by atoms with E-state index in [9.17, 15) is 23.4 Å². The number of nitrogens with zero attached hydrogens (tertiary/aromatic N) is 2. The average Bonchev–Trinajstić information content (AvgIpc) is 2.96. The number of hydrogen-bond donors (Lipinski definition) is 3. The quantitative estimate of drug-likeness (QED) is 0.691. The monoisotopic (exact) mass is 423 g/mol. The molecular weight excluding hydrogens is 399 g/mol. The minimum atomic E-state index is -4.55. The van der Waals surface area contributed by atoms with E-state index in [1.54, 1.807) is 0 Å².